The van der Waals surface area contributed by atoms with Crippen LogP contribution in [-0.2, 0) is 4.79 Å². The van der Waals surface area contributed by atoms with Crippen molar-refractivity contribution < 1.29 is 14.6 Å². The second kappa shape index (κ2) is 5.38. The number of rotatable bonds is 4. The molecule has 0 aliphatic carbocycles. The standard InChI is InChI=1S/C12H16ClNO3/c1-6-8(10(14)5-11(15)16)4-9(13)7(2)12(6)17-3/h4,10H,5,14H2,1-3H3,(H,15,16). The Morgan fingerprint density at radius 3 is 2.59 bits per heavy atom. The maximum Gasteiger partial charge on any atom is 0.305 e. The molecule has 0 saturated heterocycles. The van der Waals surface area contributed by atoms with Crippen LogP contribution in [0, 0.1) is 13.8 Å². The van der Waals surface area contributed by atoms with Crippen molar-refractivity contribution in [2.75, 3.05) is 7.11 Å². The molecule has 3 N–H and O–H groups in total. The topological polar surface area (TPSA) is 72.5 Å². The van der Waals surface area contributed by atoms with E-state index in [9.17, 15) is 4.79 Å². The van der Waals surface area contributed by atoms with Gasteiger partial charge in [0.05, 0.1) is 13.5 Å². The summed E-state index contributed by atoms with van der Waals surface area (Å²) >= 11 is 6.07. The van der Waals surface area contributed by atoms with Gasteiger partial charge in [-0.2, -0.15) is 0 Å². The number of benzene rings is 1. The minimum Gasteiger partial charge on any atom is -0.496 e. The van der Waals surface area contributed by atoms with Crippen LogP contribution in [0.3, 0.4) is 0 Å². The predicted octanol–water partition coefficient (Wildman–Crippen LogP) is 2.44. The highest BCUT2D eigenvalue weighted by molar-refractivity contribution is 6.31. The van der Waals surface area contributed by atoms with Crippen LogP contribution in [0.2, 0.25) is 5.02 Å². The van der Waals surface area contributed by atoms with Gasteiger partial charge in [0.2, 0.25) is 0 Å². The van der Waals surface area contributed by atoms with E-state index >= 15 is 0 Å². The van der Waals surface area contributed by atoms with E-state index in [0.29, 0.717) is 16.3 Å². The second-order valence-electron chi connectivity index (χ2n) is 3.94. The van der Waals surface area contributed by atoms with E-state index in [4.69, 9.17) is 27.2 Å². The summed E-state index contributed by atoms with van der Waals surface area (Å²) in [6.45, 7) is 3.69. The van der Waals surface area contributed by atoms with Crippen molar-refractivity contribution >= 4 is 17.6 Å². The molecule has 0 aliphatic rings. The fraction of sp³-hybridized carbons (Fsp3) is 0.417. The molecule has 0 radical (unpaired) electrons. The summed E-state index contributed by atoms with van der Waals surface area (Å²) in [6.07, 6.45) is -0.136. The lowest BCUT2D eigenvalue weighted by molar-refractivity contribution is -0.137. The maximum atomic E-state index is 10.7. The Morgan fingerprint density at radius 1 is 1.53 bits per heavy atom. The Kier molecular flexibility index (Phi) is 4.37. The monoisotopic (exact) mass is 257 g/mol. The molecular weight excluding hydrogens is 242 g/mol. The number of aliphatic carboxylic acids is 1. The van der Waals surface area contributed by atoms with Crippen LogP contribution >= 0.6 is 11.6 Å². The van der Waals surface area contributed by atoms with Crippen molar-refractivity contribution in [1.82, 2.24) is 0 Å². The Morgan fingerprint density at radius 2 is 2.12 bits per heavy atom. The molecule has 5 heteroatoms. The highest BCUT2D eigenvalue weighted by Gasteiger charge is 2.18. The van der Waals surface area contributed by atoms with Gasteiger partial charge < -0.3 is 15.6 Å². The molecule has 94 valence electrons. The largest absolute Gasteiger partial charge is 0.496 e. The van der Waals surface area contributed by atoms with Gasteiger partial charge in [0.15, 0.2) is 0 Å². The van der Waals surface area contributed by atoms with Gasteiger partial charge in [-0.3, -0.25) is 4.79 Å². The normalized spacial score (nSPS) is 12.3. The van der Waals surface area contributed by atoms with E-state index in [1.165, 1.54) is 0 Å². The summed E-state index contributed by atoms with van der Waals surface area (Å²) in [5, 5.41) is 9.27. The zero-order valence-corrected chi connectivity index (χ0v) is 10.8. The minimum absolute atomic E-state index is 0.136. The Labute approximate surface area is 105 Å². The van der Waals surface area contributed by atoms with Gasteiger partial charge in [0.1, 0.15) is 5.75 Å². The van der Waals surface area contributed by atoms with Crippen molar-refractivity contribution in [2.24, 2.45) is 5.73 Å². The van der Waals surface area contributed by atoms with Crippen LogP contribution in [-0.4, -0.2) is 18.2 Å². The lowest BCUT2D eigenvalue weighted by Gasteiger charge is -2.18. The number of ether oxygens (including phenoxy) is 1. The van der Waals surface area contributed by atoms with Gasteiger partial charge in [0.25, 0.3) is 0 Å². The van der Waals surface area contributed by atoms with Gasteiger partial charge in [-0.25, -0.2) is 0 Å². The van der Waals surface area contributed by atoms with E-state index in [2.05, 4.69) is 0 Å². The van der Waals surface area contributed by atoms with Gasteiger partial charge in [-0.15, -0.1) is 0 Å². The average Bonchev–Trinajstić information content (AvgIpc) is 2.23. The highest BCUT2D eigenvalue weighted by Crippen LogP contribution is 2.34. The number of nitrogens with two attached hydrogens (primary N) is 1. The lowest BCUT2D eigenvalue weighted by atomic mass is 9.96. The summed E-state index contributed by atoms with van der Waals surface area (Å²) in [4.78, 5) is 10.7. The van der Waals surface area contributed by atoms with Gasteiger partial charge >= 0.3 is 5.97 Å². The molecular formula is C12H16ClNO3. The van der Waals surface area contributed by atoms with Crippen molar-refractivity contribution in [3.63, 3.8) is 0 Å². The summed E-state index contributed by atoms with van der Waals surface area (Å²) in [5.74, 6) is -0.277. The Bertz CT molecular complexity index is 446. The smallest absolute Gasteiger partial charge is 0.305 e. The molecule has 1 atom stereocenters. The number of hydrogen-bond acceptors (Lipinski definition) is 3. The molecule has 0 spiro atoms. The molecule has 0 heterocycles. The molecule has 1 rings (SSSR count). The van der Waals surface area contributed by atoms with E-state index < -0.39 is 12.0 Å². The number of carboxylic acids is 1. The van der Waals surface area contributed by atoms with Crippen molar-refractivity contribution in [1.29, 1.82) is 0 Å². The van der Waals surface area contributed by atoms with Crippen LogP contribution in [0.1, 0.15) is 29.2 Å². The molecule has 0 aromatic heterocycles. The van der Waals surface area contributed by atoms with Crippen LogP contribution < -0.4 is 10.5 Å². The molecule has 0 fully saturated rings. The third kappa shape index (κ3) is 2.90. The van der Waals surface area contributed by atoms with E-state index in [0.717, 1.165) is 11.1 Å². The van der Waals surface area contributed by atoms with Crippen molar-refractivity contribution in [3.8, 4) is 5.75 Å². The molecule has 0 bridgehead atoms. The van der Waals surface area contributed by atoms with Crippen LogP contribution in [0.25, 0.3) is 0 Å². The predicted molar refractivity (Wildman–Crippen MR) is 66.7 cm³/mol. The van der Waals surface area contributed by atoms with E-state index in [-0.39, 0.29) is 6.42 Å². The molecule has 1 aromatic rings. The fourth-order valence-corrected chi connectivity index (χ4v) is 2.07. The third-order valence-electron chi connectivity index (χ3n) is 2.75. The Balaban J connectivity index is 3.25. The third-order valence-corrected chi connectivity index (χ3v) is 3.15. The van der Waals surface area contributed by atoms with Gasteiger partial charge in [0, 0.05) is 16.6 Å². The zero-order valence-electron chi connectivity index (χ0n) is 10.1. The van der Waals surface area contributed by atoms with Crippen molar-refractivity contribution in [2.45, 2.75) is 26.3 Å². The highest BCUT2D eigenvalue weighted by atomic mass is 35.5. The Hall–Kier alpha value is -1.26. The molecule has 4 nitrogen and oxygen atoms in total. The fourth-order valence-electron chi connectivity index (χ4n) is 1.86. The summed E-state index contributed by atoms with van der Waals surface area (Å²) < 4.78 is 5.26. The van der Waals surface area contributed by atoms with Crippen LogP contribution in [0.15, 0.2) is 6.07 Å². The minimum atomic E-state index is -0.937. The second-order valence-corrected chi connectivity index (χ2v) is 4.34. The first-order valence-electron chi connectivity index (χ1n) is 5.19. The molecule has 1 unspecified atom stereocenters. The zero-order chi connectivity index (χ0) is 13.2. The summed E-state index contributed by atoms with van der Waals surface area (Å²) in [7, 11) is 1.55. The number of methoxy groups -OCH3 is 1. The van der Waals surface area contributed by atoms with E-state index in [1.807, 2.05) is 13.8 Å². The van der Waals surface area contributed by atoms with Crippen molar-refractivity contribution in [3.05, 3.63) is 27.8 Å². The van der Waals surface area contributed by atoms with Crippen LogP contribution in [0.4, 0.5) is 0 Å². The van der Waals surface area contributed by atoms with E-state index in [1.54, 1.807) is 13.2 Å². The summed E-state index contributed by atoms with van der Waals surface area (Å²) in [6, 6.07) is 1.13. The van der Waals surface area contributed by atoms with Gasteiger partial charge in [-0.1, -0.05) is 11.6 Å². The average molecular weight is 258 g/mol. The number of carbonyl (C=O) groups is 1. The molecule has 1 aromatic carbocycles. The number of carboxylic acid groups (broad SMARTS) is 1. The first-order valence-corrected chi connectivity index (χ1v) is 5.57. The maximum absolute atomic E-state index is 10.7. The first-order chi connectivity index (χ1) is 7.88. The molecule has 0 saturated carbocycles. The quantitative estimate of drug-likeness (QED) is 0.869. The number of halogens is 1. The van der Waals surface area contributed by atoms with Crippen LogP contribution in [0.5, 0.6) is 5.75 Å². The van der Waals surface area contributed by atoms with Gasteiger partial charge in [-0.05, 0) is 31.0 Å². The summed E-state index contributed by atoms with van der Waals surface area (Å²) in [5.41, 5.74) is 8.22. The number of hydrogen-bond donors (Lipinski definition) is 2. The molecule has 0 aliphatic heterocycles. The molecule has 0 amide bonds. The lowest BCUT2D eigenvalue weighted by Crippen LogP contribution is -2.16. The first kappa shape index (κ1) is 13.8. The SMILES string of the molecule is COc1c(C)c(Cl)cc(C(N)CC(=O)O)c1C. The molecule has 17 heavy (non-hydrogen) atoms.